The summed E-state index contributed by atoms with van der Waals surface area (Å²) >= 11 is 0. The normalized spacial score (nSPS) is 12.9. The molecule has 306 valence electrons. The van der Waals surface area contributed by atoms with Gasteiger partial charge in [0.1, 0.15) is 0 Å². The van der Waals surface area contributed by atoms with Crippen molar-refractivity contribution in [3.05, 3.63) is 230 Å². The minimum absolute atomic E-state index is 0.252. The Labute approximate surface area is 377 Å². The number of benzene rings is 10. The minimum atomic E-state index is -0.252. The lowest BCUT2D eigenvalue weighted by molar-refractivity contribution is 0.660. The molecule has 0 saturated carbocycles. The van der Waals surface area contributed by atoms with Crippen molar-refractivity contribution >= 4 is 71.4 Å². The highest BCUT2D eigenvalue weighted by Crippen LogP contribution is 2.52. The summed E-state index contributed by atoms with van der Waals surface area (Å²) in [7, 11) is 0. The Balaban J connectivity index is 0.864. The maximum absolute atomic E-state index is 5.34. The van der Waals surface area contributed by atoms with E-state index in [1.54, 1.807) is 0 Å². The summed E-state index contributed by atoms with van der Waals surface area (Å²) in [5, 5.41) is 7.16. The topological polar surface area (TPSA) is 34.0 Å². The van der Waals surface area contributed by atoms with Crippen LogP contribution in [0.25, 0.3) is 93.6 Å². The van der Waals surface area contributed by atoms with E-state index in [1.807, 2.05) is 6.20 Å². The highest BCUT2D eigenvalue weighted by Gasteiger charge is 2.36. The molecular formula is C61H42N4. The average molecular weight is 831 g/mol. The van der Waals surface area contributed by atoms with Crippen molar-refractivity contribution in [2.24, 2.45) is 0 Å². The molecule has 2 heterocycles. The molecule has 10 aromatic carbocycles. The molecule has 1 aliphatic rings. The number of aromatic nitrogens is 3. The molecular weight excluding hydrogens is 789 g/mol. The lowest BCUT2D eigenvalue weighted by Gasteiger charge is -2.28. The van der Waals surface area contributed by atoms with Gasteiger partial charge in [0, 0.05) is 55.3 Å². The molecule has 0 unspecified atom stereocenters. The Bertz CT molecular complexity index is 3810. The Kier molecular flexibility index (Phi) is 8.22. The number of nitrogens with zero attached hydrogens (tertiary/aromatic N) is 4. The number of hydrogen-bond acceptors (Lipinski definition) is 3. The van der Waals surface area contributed by atoms with Gasteiger partial charge in [-0.05, 0) is 117 Å². The summed E-state index contributed by atoms with van der Waals surface area (Å²) in [5.74, 6) is 0. The molecule has 0 atom stereocenters. The molecule has 1 aliphatic carbocycles. The van der Waals surface area contributed by atoms with E-state index < -0.39 is 0 Å². The van der Waals surface area contributed by atoms with E-state index in [2.05, 4.69) is 236 Å². The van der Waals surface area contributed by atoms with E-state index in [0.717, 1.165) is 50.1 Å². The van der Waals surface area contributed by atoms with Crippen molar-refractivity contribution < 1.29 is 0 Å². The maximum atomic E-state index is 5.34. The smallest absolute Gasteiger partial charge is 0.0979 e. The van der Waals surface area contributed by atoms with E-state index in [9.17, 15) is 0 Å². The van der Waals surface area contributed by atoms with Crippen LogP contribution >= 0.6 is 0 Å². The van der Waals surface area contributed by atoms with Gasteiger partial charge in [0.25, 0.3) is 0 Å². The predicted molar refractivity (Wildman–Crippen MR) is 272 cm³/mol. The van der Waals surface area contributed by atoms with Gasteiger partial charge in [-0.15, -0.1) is 0 Å². The van der Waals surface area contributed by atoms with Gasteiger partial charge >= 0.3 is 0 Å². The molecule has 0 N–H and O–H groups in total. The minimum Gasteiger partial charge on any atom is -0.310 e. The molecule has 0 spiro atoms. The van der Waals surface area contributed by atoms with Crippen LogP contribution < -0.4 is 4.90 Å². The fourth-order valence-electron chi connectivity index (χ4n) is 10.6. The second-order valence-corrected chi connectivity index (χ2v) is 17.8. The van der Waals surface area contributed by atoms with Crippen molar-refractivity contribution in [3.8, 4) is 39.2 Å². The lowest BCUT2D eigenvalue weighted by atomic mass is 9.81. The van der Waals surface area contributed by atoms with Gasteiger partial charge < -0.3 is 9.47 Å². The molecule has 0 saturated heterocycles. The second-order valence-electron chi connectivity index (χ2n) is 17.8. The van der Waals surface area contributed by atoms with Crippen LogP contribution in [0, 0.1) is 0 Å². The molecule has 65 heavy (non-hydrogen) atoms. The van der Waals surface area contributed by atoms with E-state index >= 15 is 0 Å². The van der Waals surface area contributed by atoms with Crippen molar-refractivity contribution in [2.75, 3.05) is 4.90 Å². The van der Waals surface area contributed by atoms with Crippen molar-refractivity contribution in [1.29, 1.82) is 0 Å². The summed E-state index contributed by atoms with van der Waals surface area (Å²) in [6.45, 7) is 4.71. The van der Waals surface area contributed by atoms with Gasteiger partial charge in [-0.25, -0.2) is 4.98 Å². The zero-order valence-electron chi connectivity index (χ0n) is 36.1. The molecule has 0 radical (unpaired) electrons. The quantitative estimate of drug-likeness (QED) is 0.157. The van der Waals surface area contributed by atoms with Crippen LogP contribution in [0.3, 0.4) is 0 Å². The molecule has 2 aromatic heterocycles. The van der Waals surface area contributed by atoms with Crippen LogP contribution in [0.15, 0.2) is 219 Å². The van der Waals surface area contributed by atoms with Gasteiger partial charge in [0.2, 0.25) is 0 Å². The number of rotatable bonds is 6. The highest BCUT2D eigenvalue weighted by atomic mass is 15.1. The number of para-hydroxylation sites is 3. The van der Waals surface area contributed by atoms with Crippen LogP contribution in [0.2, 0.25) is 0 Å². The Morgan fingerprint density at radius 2 is 0.938 bits per heavy atom. The lowest BCUT2D eigenvalue weighted by Crippen LogP contribution is -2.16. The largest absolute Gasteiger partial charge is 0.310 e. The fourth-order valence-corrected chi connectivity index (χ4v) is 10.6. The first-order chi connectivity index (χ1) is 32.0. The molecule has 0 aliphatic heterocycles. The van der Waals surface area contributed by atoms with E-state index in [4.69, 9.17) is 9.97 Å². The zero-order chi connectivity index (χ0) is 43.2. The molecule has 4 nitrogen and oxygen atoms in total. The van der Waals surface area contributed by atoms with Crippen LogP contribution in [0.1, 0.15) is 25.0 Å². The van der Waals surface area contributed by atoms with Crippen LogP contribution in [-0.4, -0.2) is 14.5 Å². The molecule has 0 bridgehead atoms. The predicted octanol–water partition coefficient (Wildman–Crippen LogP) is 16.1. The van der Waals surface area contributed by atoms with Crippen LogP contribution in [0.5, 0.6) is 0 Å². The van der Waals surface area contributed by atoms with Gasteiger partial charge in [0.05, 0.1) is 34.0 Å². The van der Waals surface area contributed by atoms with E-state index in [-0.39, 0.29) is 5.41 Å². The second kappa shape index (κ2) is 14.3. The maximum Gasteiger partial charge on any atom is 0.0979 e. The first-order valence-corrected chi connectivity index (χ1v) is 22.4. The van der Waals surface area contributed by atoms with Gasteiger partial charge in [0.15, 0.2) is 0 Å². The van der Waals surface area contributed by atoms with E-state index in [1.165, 1.54) is 71.6 Å². The summed E-state index contributed by atoms with van der Waals surface area (Å²) in [6.07, 6.45) is 1.95. The SMILES string of the molecule is CC1(C)c2cc(-c3cnc4c5ccccc5c5ccccc5c4n3)ccc2-c2ccc(N(c3ccccc3)c3ccc(-c4ccc5c(c4)c4ccccc4n5-c4ccccc4)cc3)cc21. The number of fused-ring (bicyclic) bond motifs is 12. The first-order valence-electron chi connectivity index (χ1n) is 22.4. The van der Waals surface area contributed by atoms with Crippen molar-refractivity contribution in [1.82, 2.24) is 14.5 Å². The standard InChI is InChI=1S/C61H42N4/c1-61(2)54-36-41(56-38-62-59-51-22-11-9-19-46(51)47-20-10-12-23-52(47)60(59)63-56)27-32-48(54)49-33-31-45(37-55(49)61)64(42-15-5-3-6-16-42)44-29-25-39(26-30-44)40-28-34-58-53(35-40)50-21-13-14-24-57(50)65(58)43-17-7-4-8-18-43/h3-38H,1-2H3. The van der Waals surface area contributed by atoms with Crippen LogP contribution in [0.4, 0.5) is 17.1 Å². The first kappa shape index (κ1) is 37.2. The molecule has 13 rings (SSSR count). The van der Waals surface area contributed by atoms with Crippen LogP contribution in [-0.2, 0) is 5.41 Å². The van der Waals surface area contributed by atoms with Crippen molar-refractivity contribution in [2.45, 2.75) is 19.3 Å². The third-order valence-electron chi connectivity index (χ3n) is 13.8. The van der Waals surface area contributed by atoms with E-state index in [0.29, 0.717) is 0 Å². The molecule has 12 aromatic rings. The van der Waals surface area contributed by atoms with Crippen molar-refractivity contribution in [3.63, 3.8) is 0 Å². The Morgan fingerprint density at radius 3 is 1.68 bits per heavy atom. The third-order valence-corrected chi connectivity index (χ3v) is 13.8. The monoisotopic (exact) mass is 830 g/mol. The highest BCUT2D eigenvalue weighted by molar-refractivity contribution is 6.23. The van der Waals surface area contributed by atoms with Gasteiger partial charge in [-0.1, -0.05) is 153 Å². The van der Waals surface area contributed by atoms with Gasteiger partial charge in [-0.2, -0.15) is 0 Å². The molecule has 0 fully saturated rings. The zero-order valence-corrected chi connectivity index (χ0v) is 36.1. The summed E-state index contributed by atoms with van der Waals surface area (Å²) in [5.41, 5.74) is 18.0. The molecule has 0 amide bonds. The van der Waals surface area contributed by atoms with Gasteiger partial charge in [-0.3, -0.25) is 4.98 Å². The summed E-state index contributed by atoms with van der Waals surface area (Å²) < 4.78 is 2.37. The number of anilines is 3. The molecule has 4 heteroatoms. The summed E-state index contributed by atoms with van der Waals surface area (Å²) in [6, 6.07) is 76.9. The number of hydrogen-bond donors (Lipinski definition) is 0. The Morgan fingerprint density at radius 1 is 0.400 bits per heavy atom. The Hall–Kier alpha value is -8.34. The average Bonchev–Trinajstić information content (AvgIpc) is 3.82. The summed E-state index contributed by atoms with van der Waals surface area (Å²) in [4.78, 5) is 12.8. The fraction of sp³-hybridized carbons (Fsp3) is 0.0492. The third kappa shape index (κ3) is 5.77.